The summed E-state index contributed by atoms with van der Waals surface area (Å²) in [6.45, 7) is 0. The van der Waals surface area contributed by atoms with Crippen LogP contribution in [0, 0.1) is 17.5 Å². The second-order valence-electron chi connectivity index (χ2n) is 3.33. The number of hydrogen-bond acceptors (Lipinski definition) is 2. The third-order valence-corrected chi connectivity index (χ3v) is 2.21. The first-order valence-corrected chi connectivity index (χ1v) is 4.68. The van der Waals surface area contributed by atoms with Gasteiger partial charge in [0.2, 0.25) is 0 Å². The molecule has 1 aromatic heterocycles. The quantitative estimate of drug-likeness (QED) is 0.751. The standard InChI is InChI=1S/C12H6F3NO/c13-8-1-2-16-12(5-8)7-3-10(14)9(6-17)11(15)4-7/h1-6H. The van der Waals surface area contributed by atoms with E-state index in [4.69, 9.17) is 0 Å². The van der Waals surface area contributed by atoms with Crippen LogP contribution in [0.15, 0.2) is 30.5 Å². The molecule has 2 aromatic rings. The SMILES string of the molecule is O=Cc1c(F)cc(-c2cc(F)ccn2)cc1F. The number of hydrogen-bond donors (Lipinski definition) is 0. The topological polar surface area (TPSA) is 30.0 Å². The highest BCUT2D eigenvalue weighted by molar-refractivity contribution is 5.77. The molecule has 0 unspecified atom stereocenters. The molecule has 2 nitrogen and oxygen atoms in total. The lowest BCUT2D eigenvalue weighted by Crippen LogP contribution is -1.95. The van der Waals surface area contributed by atoms with E-state index in [-0.39, 0.29) is 17.5 Å². The molecule has 0 spiro atoms. The Kier molecular flexibility index (Phi) is 2.91. The van der Waals surface area contributed by atoms with Crippen LogP contribution in [0.4, 0.5) is 13.2 Å². The molecule has 2 rings (SSSR count). The van der Waals surface area contributed by atoms with Crippen LogP contribution in [-0.2, 0) is 0 Å². The molecule has 5 heteroatoms. The first-order chi connectivity index (χ1) is 8.11. The molecule has 0 saturated carbocycles. The number of pyridine rings is 1. The van der Waals surface area contributed by atoms with Gasteiger partial charge in [0, 0.05) is 17.8 Å². The summed E-state index contributed by atoms with van der Waals surface area (Å²) in [5, 5.41) is 0. The molecule has 0 aliphatic carbocycles. The zero-order valence-electron chi connectivity index (χ0n) is 8.45. The van der Waals surface area contributed by atoms with E-state index in [0.29, 0.717) is 0 Å². The summed E-state index contributed by atoms with van der Waals surface area (Å²) in [5.74, 6) is -2.56. The van der Waals surface area contributed by atoms with Gasteiger partial charge in [0.05, 0.1) is 11.3 Å². The maximum atomic E-state index is 13.3. The van der Waals surface area contributed by atoms with Gasteiger partial charge in [-0.25, -0.2) is 13.2 Å². The zero-order valence-corrected chi connectivity index (χ0v) is 8.45. The number of rotatable bonds is 2. The lowest BCUT2D eigenvalue weighted by atomic mass is 10.1. The van der Waals surface area contributed by atoms with Crippen molar-refractivity contribution in [1.82, 2.24) is 4.98 Å². The minimum atomic E-state index is -0.999. The molecule has 86 valence electrons. The van der Waals surface area contributed by atoms with Gasteiger partial charge in [0.1, 0.15) is 17.5 Å². The Labute approximate surface area is 94.7 Å². The summed E-state index contributed by atoms with van der Waals surface area (Å²) in [6, 6.07) is 4.05. The maximum Gasteiger partial charge on any atom is 0.155 e. The van der Waals surface area contributed by atoms with Crippen LogP contribution < -0.4 is 0 Å². The summed E-state index contributed by atoms with van der Waals surface area (Å²) >= 11 is 0. The fraction of sp³-hybridized carbons (Fsp3) is 0. The highest BCUT2D eigenvalue weighted by Gasteiger charge is 2.12. The van der Waals surface area contributed by atoms with Crippen LogP contribution >= 0.6 is 0 Å². The molecular weight excluding hydrogens is 231 g/mol. The number of carbonyl (C=O) groups excluding carboxylic acids is 1. The summed E-state index contributed by atoms with van der Waals surface area (Å²) in [4.78, 5) is 14.2. The fourth-order valence-electron chi connectivity index (χ4n) is 1.41. The van der Waals surface area contributed by atoms with E-state index in [2.05, 4.69) is 4.98 Å². The summed E-state index contributed by atoms with van der Waals surface area (Å²) < 4.78 is 39.5. The summed E-state index contributed by atoms with van der Waals surface area (Å²) in [6.07, 6.45) is 1.28. The van der Waals surface area contributed by atoms with Crippen LogP contribution in [0.2, 0.25) is 0 Å². The van der Waals surface area contributed by atoms with Crippen molar-refractivity contribution in [2.24, 2.45) is 0 Å². The first-order valence-electron chi connectivity index (χ1n) is 4.68. The van der Waals surface area contributed by atoms with Crippen LogP contribution in [-0.4, -0.2) is 11.3 Å². The normalized spacial score (nSPS) is 10.3. The molecule has 0 N–H and O–H groups in total. The van der Waals surface area contributed by atoms with Crippen molar-refractivity contribution < 1.29 is 18.0 Å². The molecule has 0 amide bonds. The minimum absolute atomic E-state index is 0.0742. The van der Waals surface area contributed by atoms with Crippen molar-refractivity contribution in [3.05, 3.63) is 53.5 Å². The molecule has 0 bridgehead atoms. The smallest absolute Gasteiger partial charge is 0.155 e. The molecule has 0 atom stereocenters. The monoisotopic (exact) mass is 237 g/mol. The van der Waals surface area contributed by atoms with E-state index in [1.54, 1.807) is 0 Å². The highest BCUT2D eigenvalue weighted by Crippen LogP contribution is 2.22. The highest BCUT2D eigenvalue weighted by atomic mass is 19.1. The van der Waals surface area contributed by atoms with Crippen LogP contribution in [0.5, 0.6) is 0 Å². The Bertz CT molecular complexity index is 561. The van der Waals surface area contributed by atoms with Crippen molar-refractivity contribution >= 4 is 6.29 Å². The number of benzene rings is 1. The first kappa shape index (κ1) is 11.3. The maximum absolute atomic E-state index is 13.3. The van der Waals surface area contributed by atoms with Gasteiger partial charge in [-0.15, -0.1) is 0 Å². The molecule has 0 aliphatic rings. The average molecular weight is 237 g/mol. The van der Waals surface area contributed by atoms with Crippen LogP contribution in [0.1, 0.15) is 10.4 Å². The molecule has 1 heterocycles. The molecule has 0 fully saturated rings. The number of nitrogens with zero attached hydrogens (tertiary/aromatic N) is 1. The predicted molar refractivity (Wildman–Crippen MR) is 54.9 cm³/mol. The second-order valence-corrected chi connectivity index (χ2v) is 3.33. The van der Waals surface area contributed by atoms with E-state index in [0.717, 1.165) is 24.3 Å². The third kappa shape index (κ3) is 2.18. The lowest BCUT2D eigenvalue weighted by molar-refractivity contribution is 0.111. The fourth-order valence-corrected chi connectivity index (χ4v) is 1.41. The number of aromatic nitrogens is 1. The van der Waals surface area contributed by atoms with Gasteiger partial charge in [-0.3, -0.25) is 9.78 Å². The van der Waals surface area contributed by atoms with E-state index in [1.807, 2.05) is 0 Å². The molecular formula is C12H6F3NO. The van der Waals surface area contributed by atoms with Gasteiger partial charge in [0.15, 0.2) is 6.29 Å². The van der Waals surface area contributed by atoms with Crippen molar-refractivity contribution in [2.45, 2.75) is 0 Å². The molecule has 17 heavy (non-hydrogen) atoms. The van der Waals surface area contributed by atoms with Gasteiger partial charge in [-0.1, -0.05) is 0 Å². The van der Waals surface area contributed by atoms with Gasteiger partial charge in [-0.05, 0) is 18.2 Å². The summed E-state index contributed by atoms with van der Waals surface area (Å²) in [5.41, 5.74) is -0.476. The van der Waals surface area contributed by atoms with Gasteiger partial charge >= 0.3 is 0 Å². The van der Waals surface area contributed by atoms with Crippen LogP contribution in [0.25, 0.3) is 11.3 Å². The summed E-state index contributed by atoms with van der Waals surface area (Å²) in [7, 11) is 0. The van der Waals surface area contributed by atoms with E-state index in [9.17, 15) is 18.0 Å². The molecule has 0 aliphatic heterocycles. The van der Waals surface area contributed by atoms with Gasteiger partial charge < -0.3 is 0 Å². The van der Waals surface area contributed by atoms with E-state index >= 15 is 0 Å². The Morgan fingerprint density at radius 2 is 1.71 bits per heavy atom. The predicted octanol–water partition coefficient (Wildman–Crippen LogP) is 2.98. The Hall–Kier alpha value is -2.17. The minimum Gasteiger partial charge on any atom is -0.298 e. The van der Waals surface area contributed by atoms with Crippen molar-refractivity contribution in [3.63, 3.8) is 0 Å². The number of carbonyl (C=O) groups is 1. The van der Waals surface area contributed by atoms with Crippen LogP contribution in [0.3, 0.4) is 0 Å². The Balaban J connectivity index is 2.58. The zero-order chi connectivity index (χ0) is 12.4. The average Bonchev–Trinajstić information content (AvgIpc) is 2.28. The number of aldehydes is 1. The van der Waals surface area contributed by atoms with Crippen molar-refractivity contribution in [2.75, 3.05) is 0 Å². The lowest BCUT2D eigenvalue weighted by Gasteiger charge is -2.03. The molecule has 1 aromatic carbocycles. The third-order valence-electron chi connectivity index (χ3n) is 2.21. The molecule has 0 saturated heterocycles. The Morgan fingerprint density at radius 3 is 2.24 bits per heavy atom. The van der Waals surface area contributed by atoms with Gasteiger partial charge in [-0.2, -0.15) is 0 Å². The Morgan fingerprint density at radius 1 is 1.06 bits per heavy atom. The largest absolute Gasteiger partial charge is 0.298 e. The second kappa shape index (κ2) is 4.37. The molecule has 0 radical (unpaired) electrons. The van der Waals surface area contributed by atoms with E-state index < -0.39 is 23.0 Å². The van der Waals surface area contributed by atoms with Crippen molar-refractivity contribution in [3.8, 4) is 11.3 Å². The van der Waals surface area contributed by atoms with E-state index in [1.165, 1.54) is 6.20 Å². The van der Waals surface area contributed by atoms with Crippen molar-refractivity contribution in [1.29, 1.82) is 0 Å². The van der Waals surface area contributed by atoms with Gasteiger partial charge in [0.25, 0.3) is 0 Å². The number of halogens is 3.